The molecule has 3 nitrogen and oxygen atoms in total. The number of nitrogens with one attached hydrogen (secondary N) is 1. The molecule has 0 unspecified atom stereocenters. The molecular weight excluding hydrogens is 361 g/mol. The standard InChI is InChI=1S/C18H19BrFNO2/c1-11-8-16(9-12(2)18(11)19)23-10-17(22)21-13(3)14-4-6-15(20)7-5-14/h4-9,13H,10H2,1-3H3,(H,21,22)/t13-/m0/s1. The molecule has 0 bridgehead atoms. The van der Waals surface area contributed by atoms with Gasteiger partial charge in [-0.15, -0.1) is 0 Å². The van der Waals surface area contributed by atoms with Crippen LogP contribution in [0.1, 0.15) is 29.7 Å². The second-order valence-corrected chi connectivity index (χ2v) is 6.29. The molecule has 122 valence electrons. The summed E-state index contributed by atoms with van der Waals surface area (Å²) in [6.45, 7) is 5.73. The molecule has 23 heavy (non-hydrogen) atoms. The topological polar surface area (TPSA) is 38.3 Å². The van der Waals surface area contributed by atoms with Crippen LogP contribution in [-0.4, -0.2) is 12.5 Å². The zero-order valence-corrected chi connectivity index (χ0v) is 14.9. The summed E-state index contributed by atoms with van der Waals surface area (Å²) in [4.78, 5) is 12.0. The van der Waals surface area contributed by atoms with Crippen LogP contribution in [0.25, 0.3) is 0 Å². The summed E-state index contributed by atoms with van der Waals surface area (Å²) < 4.78 is 19.5. The van der Waals surface area contributed by atoms with Crippen LogP contribution in [-0.2, 0) is 4.79 Å². The minimum atomic E-state index is -0.295. The van der Waals surface area contributed by atoms with Gasteiger partial charge in [-0.3, -0.25) is 4.79 Å². The van der Waals surface area contributed by atoms with E-state index < -0.39 is 0 Å². The highest BCUT2D eigenvalue weighted by molar-refractivity contribution is 9.10. The Morgan fingerprint density at radius 1 is 1.22 bits per heavy atom. The monoisotopic (exact) mass is 379 g/mol. The van der Waals surface area contributed by atoms with Crippen LogP contribution in [0.3, 0.4) is 0 Å². The molecule has 0 heterocycles. The van der Waals surface area contributed by atoms with E-state index in [4.69, 9.17) is 4.74 Å². The number of benzene rings is 2. The van der Waals surface area contributed by atoms with Gasteiger partial charge < -0.3 is 10.1 Å². The van der Waals surface area contributed by atoms with Gasteiger partial charge in [0, 0.05) is 4.47 Å². The van der Waals surface area contributed by atoms with Crippen LogP contribution in [0.15, 0.2) is 40.9 Å². The van der Waals surface area contributed by atoms with Crippen molar-refractivity contribution < 1.29 is 13.9 Å². The third-order valence-electron chi connectivity index (χ3n) is 3.53. The molecule has 1 N–H and O–H groups in total. The van der Waals surface area contributed by atoms with Crippen LogP contribution in [0.4, 0.5) is 4.39 Å². The average Bonchev–Trinajstić information content (AvgIpc) is 2.51. The lowest BCUT2D eigenvalue weighted by atomic mass is 10.1. The predicted octanol–water partition coefficient (Wildman–Crippen LogP) is 4.46. The summed E-state index contributed by atoms with van der Waals surface area (Å²) >= 11 is 3.50. The fourth-order valence-electron chi connectivity index (χ4n) is 2.26. The normalized spacial score (nSPS) is 11.9. The first-order valence-corrected chi connectivity index (χ1v) is 8.10. The molecule has 0 aliphatic rings. The number of halogens is 2. The molecule has 5 heteroatoms. The number of aryl methyl sites for hydroxylation is 2. The van der Waals surface area contributed by atoms with E-state index >= 15 is 0 Å². The molecule has 2 aromatic rings. The van der Waals surface area contributed by atoms with Crippen LogP contribution in [0, 0.1) is 19.7 Å². The molecule has 0 aromatic heterocycles. The smallest absolute Gasteiger partial charge is 0.258 e. The highest BCUT2D eigenvalue weighted by Crippen LogP contribution is 2.26. The Bertz CT molecular complexity index is 678. The lowest BCUT2D eigenvalue weighted by Crippen LogP contribution is -2.31. The number of hydrogen-bond donors (Lipinski definition) is 1. The van der Waals surface area contributed by atoms with Gasteiger partial charge in [-0.1, -0.05) is 28.1 Å². The van der Waals surface area contributed by atoms with Gasteiger partial charge in [0.05, 0.1) is 6.04 Å². The Balaban J connectivity index is 1.91. The number of amides is 1. The summed E-state index contributed by atoms with van der Waals surface area (Å²) in [6.07, 6.45) is 0. The third-order valence-corrected chi connectivity index (χ3v) is 4.78. The van der Waals surface area contributed by atoms with Gasteiger partial charge in [-0.25, -0.2) is 4.39 Å². The molecule has 0 spiro atoms. The zero-order valence-electron chi connectivity index (χ0n) is 13.3. The van der Waals surface area contributed by atoms with Crippen LogP contribution < -0.4 is 10.1 Å². The highest BCUT2D eigenvalue weighted by Gasteiger charge is 2.11. The van der Waals surface area contributed by atoms with E-state index in [2.05, 4.69) is 21.2 Å². The van der Waals surface area contributed by atoms with Gasteiger partial charge in [0.25, 0.3) is 5.91 Å². The second kappa shape index (κ2) is 7.59. The maximum atomic E-state index is 12.9. The van der Waals surface area contributed by atoms with Crippen molar-refractivity contribution in [2.75, 3.05) is 6.61 Å². The van der Waals surface area contributed by atoms with E-state index in [-0.39, 0.29) is 24.4 Å². The first-order chi connectivity index (χ1) is 10.9. The predicted molar refractivity (Wildman–Crippen MR) is 92.1 cm³/mol. The summed E-state index contributed by atoms with van der Waals surface area (Å²) in [5.74, 6) is 0.143. The summed E-state index contributed by atoms with van der Waals surface area (Å²) in [7, 11) is 0. The number of carbonyl (C=O) groups is 1. The lowest BCUT2D eigenvalue weighted by molar-refractivity contribution is -0.123. The Kier molecular flexibility index (Phi) is 5.77. The molecule has 0 aliphatic heterocycles. The van der Waals surface area contributed by atoms with Gasteiger partial charge in [-0.2, -0.15) is 0 Å². The van der Waals surface area contributed by atoms with Crippen LogP contribution in [0.2, 0.25) is 0 Å². The summed E-state index contributed by atoms with van der Waals surface area (Å²) in [5.41, 5.74) is 2.95. The van der Waals surface area contributed by atoms with Gasteiger partial charge >= 0.3 is 0 Å². The number of rotatable bonds is 5. The Morgan fingerprint density at radius 2 is 1.78 bits per heavy atom. The fraction of sp³-hybridized carbons (Fsp3) is 0.278. The molecule has 1 atom stereocenters. The first-order valence-electron chi connectivity index (χ1n) is 7.31. The van der Waals surface area contributed by atoms with Crippen molar-refractivity contribution in [3.05, 3.63) is 63.4 Å². The summed E-state index contributed by atoms with van der Waals surface area (Å²) in [5, 5.41) is 2.83. The maximum absolute atomic E-state index is 12.9. The lowest BCUT2D eigenvalue weighted by Gasteiger charge is -2.15. The van der Waals surface area contributed by atoms with Crippen molar-refractivity contribution in [2.24, 2.45) is 0 Å². The molecule has 0 saturated heterocycles. The molecular formula is C18H19BrFNO2. The molecule has 2 rings (SSSR count). The number of hydrogen-bond acceptors (Lipinski definition) is 2. The van der Waals surface area contributed by atoms with Crippen molar-refractivity contribution >= 4 is 21.8 Å². The van der Waals surface area contributed by atoms with E-state index in [0.717, 1.165) is 21.2 Å². The Hall–Kier alpha value is -1.88. The van der Waals surface area contributed by atoms with Crippen molar-refractivity contribution in [2.45, 2.75) is 26.8 Å². The molecule has 0 aliphatic carbocycles. The van der Waals surface area contributed by atoms with Gasteiger partial charge in [-0.05, 0) is 61.7 Å². The molecule has 0 saturated carbocycles. The fourth-order valence-corrected chi connectivity index (χ4v) is 2.49. The minimum absolute atomic E-state index is 0.0634. The van der Waals surface area contributed by atoms with Crippen molar-refractivity contribution in [3.63, 3.8) is 0 Å². The van der Waals surface area contributed by atoms with Crippen molar-refractivity contribution in [1.82, 2.24) is 5.32 Å². The van der Waals surface area contributed by atoms with Crippen molar-refractivity contribution in [1.29, 1.82) is 0 Å². The Labute approximate surface area is 144 Å². The first kappa shape index (κ1) is 17.5. The van der Waals surface area contributed by atoms with Crippen LogP contribution >= 0.6 is 15.9 Å². The SMILES string of the molecule is Cc1cc(OCC(=O)N[C@@H](C)c2ccc(F)cc2)cc(C)c1Br. The van der Waals surface area contributed by atoms with E-state index in [0.29, 0.717) is 5.75 Å². The third kappa shape index (κ3) is 4.79. The van der Waals surface area contributed by atoms with Crippen LogP contribution in [0.5, 0.6) is 5.75 Å². The van der Waals surface area contributed by atoms with E-state index in [1.54, 1.807) is 12.1 Å². The zero-order chi connectivity index (χ0) is 17.0. The maximum Gasteiger partial charge on any atom is 0.258 e. The number of ether oxygens (including phenoxy) is 1. The van der Waals surface area contributed by atoms with Gasteiger partial charge in [0.1, 0.15) is 11.6 Å². The highest BCUT2D eigenvalue weighted by atomic mass is 79.9. The largest absolute Gasteiger partial charge is 0.484 e. The minimum Gasteiger partial charge on any atom is -0.484 e. The van der Waals surface area contributed by atoms with Crippen molar-refractivity contribution in [3.8, 4) is 5.75 Å². The molecule has 1 amide bonds. The number of carbonyl (C=O) groups excluding carboxylic acids is 1. The quantitative estimate of drug-likeness (QED) is 0.832. The van der Waals surface area contributed by atoms with E-state index in [1.807, 2.05) is 32.9 Å². The average molecular weight is 380 g/mol. The Morgan fingerprint density at radius 3 is 2.35 bits per heavy atom. The molecule has 0 fully saturated rings. The van der Waals surface area contributed by atoms with Gasteiger partial charge in [0.15, 0.2) is 6.61 Å². The second-order valence-electron chi connectivity index (χ2n) is 5.50. The van der Waals surface area contributed by atoms with Gasteiger partial charge in [0.2, 0.25) is 0 Å². The summed E-state index contributed by atoms with van der Waals surface area (Å²) in [6, 6.07) is 9.62. The van der Waals surface area contributed by atoms with E-state index in [9.17, 15) is 9.18 Å². The molecule has 0 radical (unpaired) electrons. The molecule has 2 aromatic carbocycles. The van der Waals surface area contributed by atoms with E-state index in [1.165, 1.54) is 12.1 Å².